The number of hydrogen-bond acceptors (Lipinski definition) is 4. The molecule has 114 valence electrons. The molecule has 0 spiro atoms. The van der Waals surface area contributed by atoms with E-state index >= 15 is 0 Å². The summed E-state index contributed by atoms with van der Waals surface area (Å²) in [6.07, 6.45) is 2.18. The van der Waals surface area contributed by atoms with Gasteiger partial charge in [0.05, 0.1) is 0 Å². The molecule has 2 N–H and O–H groups in total. The molecule has 21 heavy (non-hydrogen) atoms. The van der Waals surface area contributed by atoms with Crippen molar-refractivity contribution in [2.24, 2.45) is 19.8 Å². The van der Waals surface area contributed by atoms with Crippen molar-refractivity contribution in [3.63, 3.8) is 0 Å². The molecule has 0 aliphatic heterocycles. The fraction of sp³-hybridized carbons (Fsp3) is 0.643. The highest BCUT2D eigenvalue weighted by molar-refractivity contribution is 5.71. The average molecular weight is 291 g/mol. The maximum absolute atomic E-state index is 12.7. The molecule has 1 aliphatic rings. The number of rotatable bonds is 3. The zero-order valence-corrected chi connectivity index (χ0v) is 12.9. The van der Waals surface area contributed by atoms with E-state index in [0.29, 0.717) is 17.1 Å². The second kappa shape index (κ2) is 4.30. The van der Waals surface area contributed by atoms with Crippen LogP contribution in [0.4, 0.5) is 0 Å². The number of aryl methyl sites for hydroxylation is 2. The summed E-state index contributed by atoms with van der Waals surface area (Å²) < 4.78 is 4.48. The first-order valence-corrected chi connectivity index (χ1v) is 7.16. The third kappa shape index (κ3) is 2.21. The summed E-state index contributed by atoms with van der Waals surface area (Å²) in [6, 6.07) is 0. The Morgan fingerprint density at radius 3 is 2.38 bits per heavy atom. The predicted molar refractivity (Wildman–Crippen MR) is 80.5 cm³/mol. The minimum atomic E-state index is -0.637. The van der Waals surface area contributed by atoms with Gasteiger partial charge in [-0.2, -0.15) is 0 Å². The Labute approximate surface area is 122 Å². The largest absolute Gasteiger partial charge is 0.332 e. The van der Waals surface area contributed by atoms with Crippen LogP contribution in [-0.4, -0.2) is 24.2 Å². The first kappa shape index (κ1) is 14.1. The van der Waals surface area contributed by atoms with Gasteiger partial charge in [0, 0.05) is 32.1 Å². The van der Waals surface area contributed by atoms with Gasteiger partial charge in [-0.25, -0.2) is 9.78 Å². The second-order valence-electron chi connectivity index (χ2n) is 6.70. The van der Waals surface area contributed by atoms with Crippen LogP contribution in [0.25, 0.3) is 11.2 Å². The summed E-state index contributed by atoms with van der Waals surface area (Å²) in [7, 11) is 3.49. The van der Waals surface area contributed by atoms with Crippen molar-refractivity contribution in [2.45, 2.75) is 44.7 Å². The van der Waals surface area contributed by atoms with E-state index in [1.807, 2.05) is 11.6 Å². The zero-order chi connectivity index (χ0) is 15.5. The lowest BCUT2D eigenvalue weighted by molar-refractivity contribution is 0.411. The summed E-state index contributed by atoms with van der Waals surface area (Å²) >= 11 is 0. The van der Waals surface area contributed by atoms with Gasteiger partial charge in [0.2, 0.25) is 0 Å². The molecule has 3 rings (SSSR count). The van der Waals surface area contributed by atoms with Gasteiger partial charge in [0.15, 0.2) is 11.2 Å². The van der Waals surface area contributed by atoms with E-state index in [1.165, 1.54) is 9.13 Å². The summed E-state index contributed by atoms with van der Waals surface area (Å²) in [5.41, 5.74) is 5.59. The van der Waals surface area contributed by atoms with Crippen LogP contribution in [-0.2, 0) is 20.6 Å². The first-order chi connectivity index (χ1) is 9.70. The molecule has 0 radical (unpaired) electrons. The number of hydrogen-bond donors (Lipinski definition) is 1. The Balaban J connectivity index is 2.34. The Morgan fingerprint density at radius 2 is 1.86 bits per heavy atom. The van der Waals surface area contributed by atoms with Crippen molar-refractivity contribution in [2.75, 3.05) is 0 Å². The van der Waals surface area contributed by atoms with Gasteiger partial charge in [0.1, 0.15) is 5.82 Å². The molecule has 0 saturated heterocycles. The Bertz CT molecular complexity index is 830. The highest BCUT2D eigenvalue weighted by Crippen LogP contribution is 2.39. The van der Waals surface area contributed by atoms with Crippen molar-refractivity contribution in [1.29, 1.82) is 0 Å². The highest BCUT2D eigenvalue weighted by Gasteiger charge is 2.30. The third-order valence-corrected chi connectivity index (χ3v) is 3.90. The molecule has 0 aromatic carbocycles. The third-order valence-electron chi connectivity index (χ3n) is 3.90. The molecule has 0 bridgehead atoms. The molecule has 1 fully saturated rings. The van der Waals surface area contributed by atoms with Crippen LogP contribution in [0.15, 0.2) is 9.59 Å². The second-order valence-corrected chi connectivity index (χ2v) is 6.70. The van der Waals surface area contributed by atoms with Crippen molar-refractivity contribution < 1.29 is 0 Å². The summed E-state index contributed by atoms with van der Waals surface area (Å²) in [5.74, 6) is 1.30. The van der Waals surface area contributed by atoms with Crippen LogP contribution in [0, 0.1) is 0 Å². The minimum Gasteiger partial charge on any atom is -0.325 e. The maximum atomic E-state index is 12.7. The fourth-order valence-electron chi connectivity index (χ4n) is 2.71. The Kier molecular flexibility index (Phi) is 2.88. The molecule has 0 unspecified atom stereocenters. The maximum Gasteiger partial charge on any atom is 0.332 e. The molecule has 1 aliphatic carbocycles. The van der Waals surface area contributed by atoms with E-state index in [2.05, 4.69) is 4.98 Å². The van der Waals surface area contributed by atoms with Crippen LogP contribution in [0.2, 0.25) is 0 Å². The number of nitrogens with zero attached hydrogens (tertiary/aromatic N) is 4. The van der Waals surface area contributed by atoms with Gasteiger partial charge >= 0.3 is 5.69 Å². The summed E-state index contributed by atoms with van der Waals surface area (Å²) in [4.78, 5) is 29.6. The number of imidazole rings is 1. The monoisotopic (exact) mass is 291 g/mol. The lowest BCUT2D eigenvalue weighted by Gasteiger charge is -2.19. The van der Waals surface area contributed by atoms with Crippen LogP contribution >= 0.6 is 0 Å². The lowest BCUT2D eigenvalue weighted by Crippen LogP contribution is -2.47. The molecule has 7 nitrogen and oxygen atoms in total. The molecule has 2 heterocycles. The number of fused-ring (bicyclic) bond motifs is 1. The van der Waals surface area contributed by atoms with Crippen LogP contribution in [0.3, 0.4) is 0 Å². The van der Waals surface area contributed by atoms with Crippen molar-refractivity contribution in [3.8, 4) is 0 Å². The molecular formula is C14H21N5O2. The highest BCUT2D eigenvalue weighted by atomic mass is 16.2. The van der Waals surface area contributed by atoms with Gasteiger partial charge < -0.3 is 10.3 Å². The quantitative estimate of drug-likeness (QED) is 0.865. The van der Waals surface area contributed by atoms with Crippen LogP contribution in [0.1, 0.15) is 38.4 Å². The Morgan fingerprint density at radius 1 is 1.24 bits per heavy atom. The molecule has 7 heteroatoms. The predicted octanol–water partition coefficient (Wildman–Crippen LogP) is 0.0484. The molecule has 0 atom stereocenters. The molecule has 0 amide bonds. The SMILES string of the molecule is Cn1c(C2CC2)nc2c1c(=O)n(CC(C)(C)N)c(=O)n2C. The average Bonchev–Trinajstić information content (AvgIpc) is 3.15. The van der Waals surface area contributed by atoms with E-state index in [-0.39, 0.29) is 17.8 Å². The molecular weight excluding hydrogens is 270 g/mol. The van der Waals surface area contributed by atoms with E-state index in [4.69, 9.17) is 5.73 Å². The van der Waals surface area contributed by atoms with Crippen LogP contribution < -0.4 is 17.0 Å². The van der Waals surface area contributed by atoms with E-state index in [0.717, 1.165) is 18.7 Å². The van der Waals surface area contributed by atoms with Gasteiger partial charge in [-0.05, 0) is 26.7 Å². The van der Waals surface area contributed by atoms with E-state index < -0.39 is 5.54 Å². The van der Waals surface area contributed by atoms with Gasteiger partial charge in [0.25, 0.3) is 5.56 Å². The summed E-state index contributed by atoms with van der Waals surface area (Å²) in [6.45, 7) is 3.77. The smallest absolute Gasteiger partial charge is 0.325 e. The van der Waals surface area contributed by atoms with E-state index in [9.17, 15) is 9.59 Å². The minimum absolute atomic E-state index is 0.179. The topological polar surface area (TPSA) is 87.8 Å². The summed E-state index contributed by atoms with van der Waals surface area (Å²) in [5, 5.41) is 0. The lowest BCUT2D eigenvalue weighted by atomic mass is 10.1. The fourth-order valence-corrected chi connectivity index (χ4v) is 2.71. The van der Waals surface area contributed by atoms with Gasteiger partial charge in [-0.15, -0.1) is 0 Å². The van der Waals surface area contributed by atoms with Crippen molar-refractivity contribution >= 4 is 11.2 Å². The Hall–Kier alpha value is -1.89. The van der Waals surface area contributed by atoms with Crippen LogP contribution in [0.5, 0.6) is 0 Å². The first-order valence-electron chi connectivity index (χ1n) is 7.16. The van der Waals surface area contributed by atoms with E-state index in [1.54, 1.807) is 20.9 Å². The van der Waals surface area contributed by atoms with Crippen molar-refractivity contribution in [3.05, 3.63) is 26.7 Å². The molecule has 2 aromatic rings. The van der Waals surface area contributed by atoms with Gasteiger partial charge in [-0.1, -0.05) is 0 Å². The normalized spacial score (nSPS) is 15.9. The standard InChI is InChI=1S/C14H21N5O2/c1-14(2,15)7-19-12(20)9-11(18(4)13(19)21)16-10(17(9)3)8-5-6-8/h8H,5-7,15H2,1-4H3. The molecule has 2 aromatic heterocycles. The van der Waals surface area contributed by atoms with Crippen molar-refractivity contribution in [1.82, 2.24) is 18.7 Å². The number of nitrogens with two attached hydrogens (primary N) is 1. The molecule has 1 saturated carbocycles. The zero-order valence-electron chi connectivity index (χ0n) is 12.9. The van der Waals surface area contributed by atoms with Gasteiger partial charge in [-0.3, -0.25) is 13.9 Å². The number of aromatic nitrogens is 4.